The minimum atomic E-state index is 0.118. The molecule has 1 N–H and O–H groups in total. The van der Waals surface area contributed by atoms with Gasteiger partial charge in [-0.2, -0.15) is 0 Å². The van der Waals surface area contributed by atoms with Crippen molar-refractivity contribution in [2.75, 3.05) is 13.2 Å². The summed E-state index contributed by atoms with van der Waals surface area (Å²) in [6.45, 7) is 5.72. The Kier molecular flexibility index (Phi) is 4.18. The van der Waals surface area contributed by atoms with Gasteiger partial charge in [-0.15, -0.1) is 0 Å². The van der Waals surface area contributed by atoms with Crippen LogP contribution in [0.2, 0.25) is 0 Å². The van der Waals surface area contributed by atoms with Crippen molar-refractivity contribution >= 4 is 0 Å². The highest BCUT2D eigenvalue weighted by Crippen LogP contribution is 2.32. The van der Waals surface area contributed by atoms with Gasteiger partial charge in [0.25, 0.3) is 0 Å². The molecule has 2 heterocycles. The number of piperidine rings is 1. The lowest BCUT2D eigenvalue weighted by Crippen LogP contribution is -2.38. The number of aromatic nitrogens is 1. The van der Waals surface area contributed by atoms with E-state index in [-0.39, 0.29) is 6.61 Å². The summed E-state index contributed by atoms with van der Waals surface area (Å²) in [5, 5.41) is 13.0. The summed E-state index contributed by atoms with van der Waals surface area (Å²) in [5.41, 5.74) is 1.03. The van der Waals surface area contributed by atoms with E-state index in [1.165, 1.54) is 12.8 Å². The number of hydrogen-bond donors (Lipinski definition) is 1. The maximum Gasteiger partial charge on any atom is 0.139 e. The summed E-state index contributed by atoms with van der Waals surface area (Å²) >= 11 is 0. The van der Waals surface area contributed by atoms with Gasteiger partial charge in [0, 0.05) is 18.5 Å². The summed E-state index contributed by atoms with van der Waals surface area (Å²) in [7, 11) is 0. The molecule has 0 aliphatic carbocycles. The Morgan fingerprint density at radius 3 is 3.06 bits per heavy atom. The minimum Gasteiger partial charge on any atom is -0.396 e. The van der Waals surface area contributed by atoms with Crippen molar-refractivity contribution in [3.05, 3.63) is 17.5 Å². The first-order valence-electron chi connectivity index (χ1n) is 6.54. The number of nitrogens with zero attached hydrogens (tertiary/aromatic N) is 2. The SMILES string of the molecule is CC(C)N1CCCC[C@H]1c1cc(CCO)on1. The zero-order valence-electron chi connectivity index (χ0n) is 10.7. The summed E-state index contributed by atoms with van der Waals surface area (Å²) in [6, 6.07) is 2.93. The predicted molar refractivity (Wildman–Crippen MR) is 65.7 cm³/mol. The monoisotopic (exact) mass is 238 g/mol. The Labute approximate surface area is 103 Å². The smallest absolute Gasteiger partial charge is 0.139 e. The van der Waals surface area contributed by atoms with Crippen LogP contribution in [0.1, 0.15) is 50.6 Å². The Bertz CT molecular complexity index is 349. The third-order valence-corrected chi connectivity index (χ3v) is 3.48. The van der Waals surface area contributed by atoms with Crippen LogP contribution in [0.15, 0.2) is 10.6 Å². The fourth-order valence-corrected chi connectivity index (χ4v) is 2.60. The maximum absolute atomic E-state index is 8.88. The second-order valence-corrected chi connectivity index (χ2v) is 5.03. The quantitative estimate of drug-likeness (QED) is 0.873. The Morgan fingerprint density at radius 1 is 1.53 bits per heavy atom. The molecule has 4 nitrogen and oxygen atoms in total. The first-order valence-corrected chi connectivity index (χ1v) is 6.54. The van der Waals surface area contributed by atoms with E-state index < -0.39 is 0 Å². The Morgan fingerprint density at radius 2 is 2.35 bits per heavy atom. The highest BCUT2D eigenvalue weighted by Gasteiger charge is 2.28. The number of aliphatic hydroxyl groups excluding tert-OH is 1. The Hall–Kier alpha value is -0.870. The van der Waals surface area contributed by atoms with E-state index in [4.69, 9.17) is 9.63 Å². The molecule has 1 aromatic rings. The fraction of sp³-hybridized carbons (Fsp3) is 0.769. The van der Waals surface area contributed by atoms with Gasteiger partial charge in [-0.1, -0.05) is 11.6 Å². The molecule has 1 aliphatic rings. The van der Waals surface area contributed by atoms with Crippen LogP contribution in [0.5, 0.6) is 0 Å². The highest BCUT2D eigenvalue weighted by atomic mass is 16.5. The van der Waals surface area contributed by atoms with Crippen molar-refractivity contribution in [3.63, 3.8) is 0 Å². The van der Waals surface area contributed by atoms with E-state index in [2.05, 4.69) is 23.9 Å². The molecule has 0 spiro atoms. The topological polar surface area (TPSA) is 49.5 Å². The van der Waals surface area contributed by atoms with E-state index >= 15 is 0 Å². The van der Waals surface area contributed by atoms with E-state index in [1.54, 1.807) is 0 Å². The second kappa shape index (κ2) is 5.65. The van der Waals surface area contributed by atoms with Crippen molar-refractivity contribution in [1.82, 2.24) is 10.1 Å². The molecular weight excluding hydrogens is 216 g/mol. The first kappa shape index (κ1) is 12.6. The van der Waals surface area contributed by atoms with Gasteiger partial charge >= 0.3 is 0 Å². The number of rotatable bonds is 4. The van der Waals surface area contributed by atoms with Crippen LogP contribution in [-0.2, 0) is 6.42 Å². The van der Waals surface area contributed by atoms with Gasteiger partial charge < -0.3 is 9.63 Å². The molecule has 2 rings (SSSR count). The van der Waals surface area contributed by atoms with Crippen LogP contribution in [-0.4, -0.2) is 34.4 Å². The lowest BCUT2D eigenvalue weighted by molar-refractivity contribution is 0.106. The van der Waals surface area contributed by atoms with Crippen molar-refractivity contribution < 1.29 is 9.63 Å². The molecule has 4 heteroatoms. The number of aliphatic hydroxyl groups is 1. The third-order valence-electron chi connectivity index (χ3n) is 3.48. The molecule has 1 atom stereocenters. The Balaban J connectivity index is 2.11. The molecule has 0 bridgehead atoms. The van der Waals surface area contributed by atoms with Crippen LogP contribution >= 0.6 is 0 Å². The van der Waals surface area contributed by atoms with Gasteiger partial charge in [-0.05, 0) is 33.2 Å². The van der Waals surface area contributed by atoms with E-state index in [1.807, 2.05) is 6.07 Å². The first-order chi connectivity index (χ1) is 8.22. The van der Waals surface area contributed by atoms with E-state index in [0.717, 1.165) is 24.4 Å². The van der Waals surface area contributed by atoms with E-state index in [9.17, 15) is 0 Å². The van der Waals surface area contributed by atoms with Crippen LogP contribution in [0.3, 0.4) is 0 Å². The lowest BCUT2D eigenvalue weighted by atomic mass is 9.97. The van der Waals surface area contributed by atoms with Crippen LogP contribution < -0.4 is 0 Å². The van der Waals surface area contributed by atoms with Crippen LogP contribution in [0.25, 0.3) is 0 Å². The lowest BCUT2D eigenvalue weighted by Gasteiger charge is -2.37. The van der Waals surface area contributed by atoms with Gasteiger partial charge in [0.1, 0.15) is 11.5 Å². The molecule has 1 aliphatic heterocycles. The summed E-state index contributed by atoms with van der Waals surface area (Å²) < 4.78 is 5.25. The zero-order chi connectivity index (χ0) is 12.3. The van der Waals surface area contributed by atoms with Crippen molar-refractivity contribution in [3.8, 4) is 0 Å². The normalized spacial score (nSPS) is 22.2. The highest BCUT2D eigenvalue weighted by molar-refractivity contribution is 5.11. The molecule has 0 aromatic carbocycles. The zero-order valence-corrected chi connectivity index (χ0v) is 10.7. The van der Waals surface area contributed by atoms with Crippen molar-refractivity contribution in [1.29, 1.82) is 0 Å². The third kappa shape index (κ3) is 2.87. The van der Waals surface area contributed by atoms with Gasteiger partial charge in [-0.25, -0.2) is 0 Å². The molecule has 1 saturated heterocycles. The molecule has 1 fully saturated rings. The summed E-state index contributed by atoms with van der Waals surface area (Å²) in [4.78, 5) is 2.49. The van der Waals surface area contributed by atoms with Gasteiger partial charge in [-0.3, -0.25) is 4.90 Å². The largest absolute Gasteiger partial charge is 0.396 e. The van der Waals surface area contributed by atoms with Gasteiger partial charge in [0.2, 0.25) is 0 Å². The molecule has 0 radical (unpaired) electrons. The molecule has 17 heavy (non-hydrogen) atoms. The molecule has 0 unspecified atom stereocenters. The summed E-state index contributed by atoms with van der Waals surface area (Å²) in [6.07, 6.45) is 4.25. The average Bonchev–Trinajstić information content (AvgIpc) is 2.78. The molecule has 0 amide bonds. The van der Waals surface area contributed by atoms with Crippen molar-refractivity contribution in [2.45, 2.75) is 51.6 Å². The summed E-state index contributed by atoms with van der Waals surface area (Å²) in [5.74, 6) is 0.789. The van der Waals surface area contributed by atoms with Crippen molar-refractivity contribution in [2.24, 2.45) is 0 Å². The predicted octanol–water partition coefficient (Wildman–Crippen LogP) is 2.14. The molecular formula is C13H22N2O2. The minimum absolute atomic E-state index is 0.118. The van der Waals surface area contributed by atoms with Gasteiger partial charge in [0.15, 0.2) is 0 Å². The maximum atomic E-state index is 8.88. The fourth-order valence-electron chi connectivity index (χ4n) is 2.60. The molecule has 0 saturated carbocycles. The number of hydrogen-bond acceptors (Lipinski definition) is 4. The molecule has 96 valence electrons. The standard InChI is InChI=1S/C13H22N2O2/c1-10(2)15-7-4-3-5-13(15)12-9-11(6-8-16)17-14-12/h9-10,13,16H,3-8H2,1-2H3/t13-/m0/s1. The van der Waals surface area contributed by atoms with E-state index in [0.29, 0.717) is 18.5 Å². The van der Waals surface area contributed by atoms with Crippen LogP contribution in [0.4, 0.5) is 0 Å². The van der Waals surface area contributed by atoms with Gasteiger partial charge in [0.05, 0.1) is 12.6 Å². The number of likely N-dealkylation sites (tertiary alicyclic amines) is 1. The average molecular weight is 238 g/mol. The molecule has 1 aromatic heterocycles. The van der Waals surface area contributed by atoms with Crippen LogP contribution in [0, 0.1) is 0 Å². The second-order valence-electron chi connectivity index (χ2n) is 5.03.